The summed E-state index contributed by atoms with van der Waals surface area (Å²) in [7, 11) is 2.11. The number of rotatable bonds is 0. The van der Waals surface area contributed by atoms with Gasteiger partial charge >= 0.3 is 0 Å². The molecule has 2 unspecified atom stereocenters. The Morgan fingerprint density at radius 1 is 1.06 bits per heavy atom. The number of hydrogen-bond acceptors (Lipinski definition) is 2. The molecule has 0 fully saturated rings. The van der Waals surface area contributed by atoms with E-state index in [1.165, 1.54) is 16.3 Å². The normalized spacial score (nSPS) is 24.4. The van der Waals surface area contributed by atoms with Crippen LogP contribution in [0.5, 0.6) is 5.75 Å². The zero-order chi connectivity index (χ0) is 12.0. The Kier molecular flexibility index (Phi) is 2.33. The van der Waals surface area contributed by atoms with Crippen molar-refractivity contribution in [1.29, 1.82) is 0 Å². The zero-order valence-corrected chi connectivity index (χ0v) is 10.5. The lowest BCUT2D eigenvalue weighted by molar-refractivity contribution is 0.0111. The number of hydrogen-bond donors (Lipinski definition) is 0. The molecule has 88 valence electrons. The number of fused-ring (bicyclic) bond motifs is 3. The van der Waals surface area contributed by atoms with Gasteiger partial charge in [0, 0.05) is 11.6 Å². The van der Waals surface area contributed by atoms with E-state index in [0.717, 1.165) is 5.75 Å². The summed E-state index contributed by atoms with van der Waals surface area (Å²) in [6.07, 6.45) is 0.138. The standard InChI is InChI=1S/C15H17NO/c1-10-15-13-7-5-4-6-12(13)8-9-14(15)17-11(2)16(10)3/h4-11H,1-3H3. The van der Waals surface area contributed by atoms with Crippen LogP contribution in [-0.4, -0.2) is 18.2 Å². The second kappa shape index (κ2) is 3.74. The van der Waals surface area contributed by atoms with Crippen LogP contribution in [-0.2, 0) is 0 Å². The molecule has 3 rings (SSSR count). The number of ether oxygens (including phenoxy) is 1. The molecule has 1 heterocycles. The summed E-state index contributed by atoms with van der Waals surface area (Å²) in [6.45, 7) is 4.33. The Labute approximate surface area is 102 Å². The van der Waals surface area contributed by atoms with Crippen molar-refractivity contribution in [3.8, 4) is 5.75 Å². The van der Waals surface area contributed by atoms with Crippen LogP contribution in [0, 0.1) is 0 Å². The Bertz CT molecular complexity index is 564. The van der Waals surface area contributed by atoms with Gasteiger partial charge in [-0.3, -0.25) is 4.90 Å². The number of benzene rings is 2. The molecule has 17 heavy (non-hydrogen) atoms. The monoisotopic (exact) mass is 227 g/mol. The summed E-state index contributed by atoms with van der Waals surface area (Å²) >= 11 is 0. The van der Waals surface area contributed by atoms with Gasteiger partial charge in [0.1, 0.15) is 12.0 Å². The lowest BCUT2D eigenvalue weighted by atomic mass is 9.96. The van der Waals surface area contributed by atoms with Crippen LogP contribution < -0.4 is 4.74 Å². The van der Waals surface area contributed by atoms with Gasteiger partial charge in [0.15, 0.2) is 0 Å². The summed E-state index contributed by atoms with van der Waals surface area (Å²) in [5.41, 5.74) is 1.31. The fourth-order valence-corrected chi connectivity index (χ4v) is 2.59. The van der Waals surface area contributed by atoms with Gasteiger partial charge in [-0.2, -0.15) is 0 Å². The van der Waals surface area contributed by atoms with E-state index in [1.807, 2.05) is 0 Å². The molecule has 0 aromatic heterocycles. The molecule has 0 radical (unpaired) electrons. The Morgan fingerprint density at radius 2 is 1.82 bits per heavy atom. The molecule has 0 spiro atoms. The highest BCUT2D eigenvalue weighted by Gasteiger charge is 2.28. The quantitative estimate of drug-likeness (QED) is 0.682. The van der Waals surface area contributed by atoms with Gasteiger partial charge in [-0.15, -0.1) is 0 Å². The van der Waals surface area contributed by atoms with Crippen LogP contribution in [0.2, 0.25) is 0 Å². The van der Waals surface area contributed by atoms with E-state index in [2.05, 4.69) is 62.2 Å². The Morgan fingerprint density at radius 3 is 2.65 bits per heavy atom. The van der Waals surface area contributed by atoms with Crippen molar-refractivity contribution in [2.24, 2.45) is 0 Å². The summed E-state index contributed by atoms with van der Waals surface area (Å²) in [4.78, 5) is 2.26. The lowest BCUT2D eigenvalue weighted by Gasteiger charge is -2.38. The molecule has 0 saturated heterocycles. The Balaban J connectivity index is 2.29. The molecule has 0 N–H and O–H groups in total. The molecule has 0 aliphatic carbocycles. The Hall–Kier alpha value is -1.54. The van der Waals surface area contributed by atoms with Crippen LogP contribution in [0.25, 0.3) is 10.8 Å². The van der Waals surface area contributed by atoms with Gasteiger partial charge in [-0.1, -0.05) is 30.3 Å². The SMILES string of the molecule is CC1Oc2ccc3ccccc3c2C(C)N1C. The maximum absolute atomic E-state index is 5.95. The van der Waals surface area contributed by atoms with E-state index in [0.29, 0.717) is 6.04 Å². The third-order valence-electron chi connectivity index (χ3n) is 3.83. The average molecular weight is 227 g/mol. The molecule has 0 bridgehead atoms. The summed E-state index contributed by atoms with van der Waals surface area (Å²) < 4.78 is 5.95. The smallest absolute Gasteiger partial charge is 0.150 e. The molecule has 0 saturated carbocycles. The first-order chi connectivity index (χ1) is 8.18. The van der Waals surface area contributed by atoms with Crippen molar-refractivity contribution in [1.82, 2.24) is 4.90 Å². The van der Waals surface area contributed by atoms with Crippen LogP contribution in [0.4, 0.5) is 0 Å². The average Bonchev–Trinajstić information content (AvgIpc) is 2.35. The van der Waals surface area contributed by atoms with Crippen molar-refractivity contribution < 1.29 is 4.74 Å². The first-order valence-corrected chi connectivity index (χ1v) is 6.08. The fourth-order valence-electron chi connectivity index (χ4n) is 2.59. The van der Waals surface area contributed by atoms with Gasteiger partial charge < -0.3 is 4.74 Å². The van der Waals surface area contributed by atoms with Crippen LogP contribution in [0.3, 0.4) is 0 Å². The zero-order valence-electron chi connectivity index (χ0n) is 10.5. The van der Waals surface area contributed by atoms with E-state index < -0.39 is 0 Å². The van der Waals surface area contributed by atoms with Gasteiger partial charge in [0.05, 0.1) is 0 Å². The van der Waals surface area contributed by atoms with Gasteiger partial charge in [-0.05, 0) is 37.7 Å². The van der Waals surface area contributed by atoms with Crippen molar-refractivity contribution in [3.05, 3.63) is 42.0 Å². The third-order valence-corrected chi connectivity index (χ3v) is 3.83. The highest BCUT2D eigenvalue weighted by molar-refractivity contribution is 5.88. The van der Waals surface area contributed by atoms with Gasteiger partial charge in [-0.25, -0.2) is 0 Å². The molecular formula is C15H17NO. The van der Waals surface area contributed by atoms with Crippen LogP contribution in [0.15, 0.2) is 36.4 Å². The van der Waals surface area contributed by atoms with Crippen molar-refractivity contribution in [2.75, 3.05) is 7.05 Å². The van der Waals surface area contributed by atoms with E-state index >= 15 is 0 Å². The predicted octanol–water partition coefficient (Wildman–Crippen LogP) is 3.57. The van der Waals surface area contributed by atoms with Crippen molar-refractivity contribution in [2.45, 2.75) is 26.1 Å². The van der Waals surface area contributed by atoms with Crippen LogP contribution in [0.1, 0.15) is 25.5 Å². The summed E-state index contributed by atoms with van der Waals surface area (Å²) in [6, 6.07) is 13.1. The number of nitrogens with zero attached hydrogens (tertiary/aromatic N) is 1. The summed E-state index contributed by atoms with van der Waals surface area (Å²) in [5.74, 6) is 1.03. The third kappa shape index (κ3) is 1.52. The minimum absolute atomic E-state index is 0.138. The first-order valence-electron chi connectivity index (χ1n) is 6.08. The highest BCUT2D eigenvalue weighted by Crippen LogP contribution is 2.39. The summed E-state index contributed by atoms with van der Waals surface area (Å²) in [5, 5.41) is 2.58. The predicted molar refractivity (Wildman–Crippen MR) is 70.2 cm³/mol. The maximum atomic E-state index is 5.95. The second-order valence-corrected chi connectivity index (χ2v) is 4.76. The minimum atomic E-state index is 0.138. The molecular weight excluding hydrogens is 210 g/mol. The lowest BCUT2D eigenvalue weighted by Crippen LogP contribution is -2.39. The van der Waals surface area contributed by atoms with Gasteiger partial charge in [0.25, 0.3) is 0 Å². The van der Waals surface area contributed by atoms with Crippen LogP contribution >= 0.6 is 0 Å². The van der Waals surface area contributed by atoms with E-state index in [1.54, 1.807) is 0 Å². The molecule has 1 aliphatic rings. The van der Waals surface area contributed by atoms with Gasteiger partial charge in [0.2, 0.25) is 0 Å². The van der Waals surface area contributed by atoms with Crippen molar-refractivity contribution >= 4 is 10.8 Å². The highest BCUT2D eigenvalue weighted by atomic mass is 16.5. The molecule has 2 atom stereocenters. The molecule has 0 amide bonds. The first kappa shape index (κ1) is 10.6. The molecule has 1 aliphatic heterocycles. The maximum Gasteiger partial charge on any atom is 0.150 e. The van der Waals surface area contributed by atoms with E-state index in [9.17, 15) is 0 Å². The van der Waals surface area contributed by atoms with E-state index in [-0.39, 0.29) is 6.23 Å². The molecule has 2 heteroatoms. The molecule has 2 aromatic rings. The minimum Gasteiger partial charge on any atom is -0.475 e. The van der Waals surface area contributed by atoms with E-state index in [4.69, 9.17) is 4.74 Å². The molecule has 2 nitrogen and oxygen atoms in total. The topological polar surface area (TPSA) is 12.5 Å². The second-order valence-electron chi connectivity index (χ2n) is 4.76. The molecule has 2 aromatic carbocycles. The van der Waals surface area contributed by atoms with Crippen molar-refractivity contribution in [3.63, 3.8) is 0 Å². The fraction of sp³-hybridized carbons (Fsp3) is 0.333. The largest absolute Gasteiger partial charge is 0.475 e.